The molecular formula is C24H22N2O6S. The first kappa shape index (κ1) is 22.3. The van der Waals surface area contributed by atoms with Gasteiger partial charge in [0, 0.05) is 5.56 Å². The highest BCUT2D eigenvalue weighted by Crippen LogP contribution is 2.45. The molecule has 3 heterocycles. The number of carbonyl (C=O) groups is 2. The van der Waals surface area contributed by atoms with Crippen LogP contribution in [0.2, 0.25) is 0 Å². The highest BCUT2D eigenvalue weighted by atomic mass is 32.1. The second-order valence-electron chi connectivity index (χ2n) is 7.47. The minimum Gasteiger partial charge on any atom is -0.503 e. The zero-order valence-corrected chi connectivity index (χ0v) is 19.3. The van der Waals surface area contributed by atoms with Gasteiger partial charge in [-0.3, -0.25) is 4.79 Å². The van der Waals surface area contributed by atoms with E-state index in [-0.39, 0.29) is 33.6 Å². The average Bonchev–Trinajstić information content (AvgIpc) is 3.44. The number of aromatic hydroxyl groups is 2. The van der Waals surface area contributed by atoms with Crippen molar-refractivity contribution < 1.29 is 29.0 Å². The predicted octanol–water partition coefficient (Wildman–Crippen LogP) is 4.94. The predicted molar refractivity (Wildman–Crippen MR) is 123 cm³/mol. The summed E-state index contributed by atoms with van der Waals surface area (Å²) in [6.45, 7) is 7.18. The summed E-state index contributed by atoms with van der Waals surface area (Å²) in [5.74, 6) is -1.39. The number of ketones is 1. The summed E-state index contributed by atoms with van der Waals surface area (Å²) in [7, 11) is 0. The molecule has 8 nitrogen and oxygen atoms in total. The van der Waals surface area contributed by atoms with Crippen LogP contribution in [0.5, 0.6) is 11.6 Å². The molecular weight excluding hydrogens is 444 g/mol. The third-order valence-corrected chi connectivity index (χ3v) is 6.20. The number of furan rings is 1. The van der Waals surface area contributed by atoms with Crippen LogP contribution in [0.25, 0.3) is 16.6 Å². The average molecular weight is 467 g/mol. The van der Waals surface area contributed by atoms with E-state index in [0.29, 0.717) is 17.0 Å². The molecule has 4 rings (SSSR count). The Hall–Kier alpha value is -3.85. The van der Waals surface area contributed by atoms with Crippen molar-refractivity contribution in [3.05, 3.63) is 69.4 Å². The minimum absolute atomic E-state index is 0.128. The highest BCUT2D eigenvalue weighted by molar-refractivity contribution is 7.16. The molecule has 1 aromatic carbocycles. The van der Waals surface area contributed by atoms with E-state index < -0.39 is 23.4 Å². The van der Waals surface area contributed by atoms with Crippen LogP contribution in [0, 0.1) is 20.8 Å². The Morgan fingerprint density at radius 1 is 1.09 bits per heavy atom. The van der Waals surface area contributed by atoms with E-state index >= 15 is 0 Å². The van der Waals surface area contributed by atoms with Gasteiger partial charge in [-0.05, 0) is 39.8 Å². The second-order valence-corrected chi connectivity index (χ2v) is 8.45. The number of aromatic nitrogens is 2. The molecule has 0 bridgehead atoms. The molecule has 0 unspecified atom stereocenters. The van der Waals surface area contributed by atoms with Crippen molar-refractivity contribution in [2.45, 2.75) is 27.7 Å². The molecule has 3 aromatic heterocycles. The Labute approximate surface area is 193 Å². The van der Waals surface area contributed by atoms with Crippen LogP contribution in [-0.2, 0) is 4.74 Å². The van der Waals surface area contributed by atoms with Crippen LogP contribution in [0.15, 0.2) is 40.8 Å². The van der Waals surface area contributed by atoms with Gasteiger partial charge < -0.3 is 19.4 Å². The van der Waals surface area contributed by atoms with Gasteiger partial charge in [-0.15, -0.1) is 0 Å². The fourth-order valence-electron chi connectivity index (χ4n) is 3.46. The number of hydrogen-bond acceptors (Lipinski definition) is 8. The van der Waals surface area contributed by atoms with Gasteiger partial charge in [-0.25, -0.2) is 14.3 Å². The van der Waals surface area contributed by atoms with Gasteiger partial charge in [0.2, 0.25) is 5.88 Å². The Balaban J connectivity index is 1.96. The number of aryl methyl sites for hydroxylation is 3. The lowest BCUT2D eigenvalue weighted by molar-refractivity contribution is 0.0531. The Morgan fingerprint density at radius 3 is 2.39 bits per heavy atom. The molecule has 33 heavy (non-hydrogen) atoms. The van der Waals surface area contributed by atoms with Crippen molar-refractivity contribution in [2.75, 3.05) is 6.61 Å². The molecule has 0 radical (unpaired) electrons. The Morgan fingerprint density at radius 2 is 1.79 bits per heavy atom. The van der Waals surface area contributed by atoms with E-state index in [1.54, 1.807) is 57.2 Å². The second kappa shape index (κ2) is 8.59. The summed E-state index contributed by atoms with van der Waals surface area (Å²) in [6.07, 6.45) is 0. The molecule has 0 saturated heterocycles. The molecule has 4 aromatic rings. The number of hydrogen-bond donors (Lipinski definition) is 2. The summed E-state index contributed by atoms with van der Waals surface area (Å²) in [5.41, 5.74) is 1.71. The molecule has 9 heteroatoms. The maximum atomic E-state index is 13.4. The number of ether oxygens (including phenoxy) is 1. The van der Waals surface area contributed by atoms with Crippen molar-refractivity contribution in [3.63, 3.8) is 0 Å². The third kappa shape index (κ3) is 3.91. The summed E-state index contributed by atoms with van der Waals surface area (Å²) >= 11 is 0.975. The number of esters is 1. The normalized spacial score (nSPS) is 11.0. The van der Waals surface area contributed by atoms with Gasteiger partial charge in [0.25, 0.3) is 0 Å². The lowest BCUT2D eigenvalue weighted by atomic mass is 10.0. The third-order valence-electron chi connectivity index (χ3n) is 5.07. The molecule has 0 fully saturated rings. The van der Waals surface area contributed by atoms with Crippen LogP contribution in [0.1, 0.15) is 49.5 Å². The first-order chi connectivity index (χ1) is 15.7. The summed E-state index contributed by atoms with van der Waals surface area (Å²) in [4.78, 5) is 30.4. The van der Waals surface area contributed by atoms with Crippen LogP contribution in [-0.4, -0.2) is 38.1 Å². The zero-order valence-electron chi connectivity index (χ0n) is 18.5. The lowest BCUT2D eigenvalue weighted by Crippen LogP contribution is -2.04. The van der Waals surface area contributed by atoms with Gasteiger partial charge in [-0.2, -0.15) is 0 Å². The van der Waals surface area contributed by atoms with Crippen molar-refractivity contribution in [2.24, 2.45) is 0 Å². The van der Waals surface area contributed by atoms with Crippen LogP contribution >= 0.6 is 11.3 Å². The highest BCUT2D eigenvalue weighted by Gasteiger charge is 2.33. The number of rotatable bonds is 6. The number of nitrogens with zero attached hydrogens (tertiary/aromatic N) is 2. The van der Waals surface area contributed by atoms with Crippen molar-refractivity contribution in [3.8, 4) is 28.2 Å². The van der Waals surface area contributed by atoms with Crippen molar-refractivity contribution in [1.82, 2.24) is 9.55 Å². The van der Waals surface area contributed by atoms with Gasteiger partial charge in [0.05, 0.1) is 17.9 Å². The van der Waals surface area contributed by atoms with E-state index in [4.69, 9.17) is 9.15 Å². The zero-order chi connectivity index (χ0) is 23.9. The van der Waals surface area contributed by atoms with Gasteiger partial charge >= 0.3 is 5.97 Å². The number of carbonyl (C=O) groups excluding carboxylic acids is 2. The molecule has 2 N–H and O–H groups in total. The SMILES string of the molecule is CCOC(=O)c1sc(-n2c(O)c(O)c(C(=O)c3ccc(C)cc3)c2-c2ccc(C)o2)nc1C. The quantitative estimate of drug-likeness (QED) is 0.306. The molecule has 0 aliphatic carbocycles. The van der Waals surface area contributed by atoms with E-state index in [9.17, 15) is 19.8 Å². The number of benzene rings is 1. The molecule has 0 amide bonds. The van der Waals surface area contributed by atoms with Crippen LogP contribution in [0.3, 0.4) is 0 Å². The topological polar surface area (TPSA) is 115 Å². The van der Waals surface area contributed by atoms with Gasteiger partial charge in [0.1, 0.15) is 16.3 Å². The molecule has 0 aliphatic rings. The molecule has 170 valence electrons. The summed E-state index contributed by atoms with van der Waals surface area (Å²) < 4.78 is 12.1. The van der Waals surface area contributed by atoms with Gasteiger partial charge in [-0.1, -0.05) is 41.2 Å². The first-order valence-electron chi connectivity index (χ1n) is 10.2. The fourth-order valence-corrected chi connectivity index (χ4v) is 4.43. The van der Waals surface area contributed by atoms with Crippen LogP contribution in [0.4, 0.5) is 0 Å². The Bertz CT molecular complexity index is 1360. The maximum Gasteiger partial charge on any atom is 0.350 e. The van der Waals surface area contributed by atoms with Crippen molar-refractivity contribution in [1.29, 1.82) is 0 Å². The summed E-state index contributed by atoms with van der Waals surface area (Å²) in [6, 6.07) is 10.2. The van der Waals surface area contributed by atoms with E-state index in [0.717, 1.165) is 16.9 Å². The smallest absolute Gasteiger partial charge is 0.350 e. The lowest BCUT2D eigenvalue weighted by Gasteiger charge is -2.07. The molecule has 0 atom stereocenters. The largest absolute Gasteiger partial charge is 0.503 e. The maximum absolute atomic E-state index is 13.4. The first-order valence-corrected chi connectivity index (χ1v) is 11.0. The molecule has 0 aliphatic heterocycles. The monoisotopic (exact) mass is 466 g/mol. The van der Waals surface area contributed by atoms with Crippen LogP contribution < -0.4 is 0 Å². The number of thiazole rings is 1. The van der Waals surface area contributed by atoms with E-state index in [2.05, 4.69) is 4.98 Å². The fraction of sp³-hybridized carbons (Fsp3) is 0.208. The minimum atomic E-state index is -0.602. The van der Waals surface area contributed by atoms with Gasteiger partial charge in [0.15, 0.2) is 22.4 Å². The Kier molecular flexibility index (Phi) is 5.82. The summed E-state index contributed by atoms with van der Waals surface area (Å²) in [5, 5.41) is 21.9. The molecule has 0 saturated carbocycles. The molecule has 0 spiro atoms. The standard InChI is InChI=1S/C24H22N2O6S/c1-5-31-23(30)21-14(4)25-24(33-21)26-18(16-11-8-13(3)32-16)17(20(28)22(26)29)19(27)15-9-6-12(2)7-10-15/h6-11,28-29H,5H2,1-4H3. The van der Waals surface area contributed by atoms with Crippen molar-refractivity contribution >= 4 is 23.1 Å². The van der Waals surface area contributed by atoms with E-state index in [1.807, 2.05) is 6.92 Å². The van der Waals surface area contributed by atoms with E-state index in [1.165, 1.54) is 4.57 Å².